The van der Waals surface area contributed by atoms with Crippen LogP contribution in [0.4, 0.5) is 5.69 Å². The van der Waals surface area contributed by atoms with E-state index >= 15 is 0 Å². The van der Waals surface area contributed by atoms with E-state index in [9.17, 15) is 14.4 Å². The van der Waals surface area contributed by atoms with Gasteiger partial charge in [-0.05, 0) is 37.3 Å². The van der Waals surface area contributed by atoms with Gasteiger partial charge in [-0.25, -0.2) is 0 Å². The van der Waals surface area contributed by atoms with Crippen LogP contribution in [0.2, 0.25) is 0 Å². The normalized spacial score (nSPS) is 12.0. The molecule has 0 spiro atoms. The Morgan fingerprint density at radius 2 is 1.62 bits per heavy atom. The molecule has 0 saturated heterocycles. The zero-order valence-electron chi connectivity index (χ0n) is 17.4. The van der Waals surface area contributed by atoms with Crippen molar-refractivity contribution >= 4 is 23.3 Å². The summed E-state index contributed by atoms with van der Waals surface area (Å²) in [6, 6.07) is 13.7. The molecule has 0 aromatic heterocycles. The Labute approximate surface area is 171 Å². The number of nitrogens with one attached hydrogen (secondary N) is 1. The van der Waals surface area contributed by atoms with Crippen molar-refractivity contribution in [2.45, 2.75) is 40.2 Å². The Morgan fingerprint density at radius 1 is 1.00 bits per heavy atom. The summed E-state index contributed by atoms with van der Waals surface area (Å²) in [6.07, 6.45) is -0.911. The number of hydrogen-bond donors (Lipinski definition) is 1. The summed E-state index contributed by atoms with van der Waals surface area (Å²) < 4.78 is 10.5. The number of carbonyl (C=O) groups is 3. The molecule has 0 aliphatic heterocycles. The Hall–Kier alpha value is -3.15. The minimum absolute atomic E-state index is 0.0133. The quantitative estimate of drug-likeness (QED) is 0.563. The first-order chi connectivity index (χ1) is 13.6. The smallest absolute Gasteiger partial charge is 0.311 e. The average Bonchev–Trinajstić information content (AvgIpc) is 2.67. The first-order valence-corrected chi connectivity index (χ1v) is 9.39. The molecule has 6 nitrogen and oxygen atoms in total. The summed E-state index contributed by atoms with van der Waals surface area (Å²) in [7, 11) is 1.53. The summed E-state index contributed by atoms with van der Waals surface area (Å²) in [5.74, 6) is -0.344. The highest BCUT2D eigenvalue weighted by atomic mass is 16.5. The van der Waals surface area contributed by atoms with Crippen LogP contribution in [0.25, 0.3) is 0 Å². The number of esters is 1. The van der Waals surface area contributed by atoms with Crippen LogP contribution in [-0.2, 0) is 20.7 Å². The molecule has 0 bridgehead atoms. The monoisotopic (exact) mass is 397 g/mol. The molecule has 1 amide bonds. The molecule has 0 fully saturated rings. The van der Waals surface area contributed by atoms with Crippen molar-refractivity contribution in [3.63, 3.8) is 0 Å². The molecule has 154 valence electrons. The fraction of sp³-hybridized carbons (Fsp3) is 0.348. The third-order valence-corrected chi connectivity index (χ3v) is 4.31. The lowest BCUT2D eigenvalue weighted by molar-refractivity contribution is -0.145. The number of para-hydroxylation sites is 1. The number of ketones is 1. The van der Waals surface area contributed by atoms with Crippen LogP contribution in [0.15, 0.2) is 48.5 Å². The number of rotatable bonds is 7. The maximum absolute atomic E-state index is 12.6. The Morgan fingerprint density at radius 3 is 2.21 bits per heavy atom. The van der Waals surface area contributed by atoms with Gasteiger partial charge in [0.25, 0.3) is 0 Å². The van der Waals surface area contributed by atoms with Crippen LogP contribution < -0.4 is 10.1 Å². The van der Waals surface area contributed by atoms with Crippen molar-refractivity contribution in [2.75, 3.05) is 12.4 Å². The van der Waals surface area contributed by atoms with E-state index in [1.165, 1.54) is 14.0 Å². The molecule has 2 aromatic carbocycles. The highest BCUT2D eigenvalue weighted by Gasteiger charge is 2.22. The van der Waals surface area contributed by atoms with Gasteiger partial charge in [0.15, 0.2) is 6.10 Å². The van der Waals surface area contributed by atoms with Gasteiger partial charge in [-0.1, -0.05) is 39.0 Å². The number of benzene rings is 2. The zero-order chi connectivity index (χ0) is 21.6. The minimum atomic E-state index is -0.924. The van der Waals surface area contributed by atoms with E-state index in [0.29, 0.717) is 22.6 Å². The van der Waals surface area contributed by atoms with Gasteiger partial charge in [0.2, 0.25) is 11.7 Å². The highest BCUT2D eigenvalue weighted by Crippen LogP contribution is 2.20. The fourth-order valence-electron chi connectivity index (χ4n) is 2.57. The summed E-state index contributed by atoms with van der Waals surface area (Å²) in [5.41, 5.74) is 1.18. The molecule has 6 heteroatoms. The van der Waals surface area contributed by atoms with Gasteiger partial charge in [-0.15, -0.1) is 0 Å². The molecular weight excluding hydrogens is 370 g/mol. The fourth-order valence-corrected chi connectivity index (χ4v) is 2.57. The van der Waals surface area contributed by atoms with Crippen LogP contribution in [0.1, 0.15) is 43.6 Å². The standard InChI is InChI=1S/C23H27NO5/c1-15(29-20(25)14-17-8-6-7-9-19(17)28-5)21(26)16-10-12-18(13-11-16)24-22(27)23(2,3)4/h6-13,15H,14H2,1-5H3,(H,24,27). The van der Waals surface area contributed by atoms with Crippen LogP contribution in [0.3, 0.4) is 0 Å². The maximum atomic E-state index is 12.6. The minimum Gasteiger partial charge on any atom is -0.496 e. The molecular formula is C23H27NO5. The number of ether oxygens (including phenoxy) is 2. The third kappa shape index (κ3) is 6.17. The van der Waals surface area contributed by atoms with Crippen molar-refractivity contribution < 1.29 is 23.9 Å². The van der Waals surface area contributed by atoms with Crippen molar-refractivity contribution in [3.8, 4) is 5.75 Å². The SMILES string of the molecule is COc1ccccc1CC(=O)OC(C)C(=O)c1ccc(NC(=O)C(C)(C)C)cc1. The average molecular weight is 397 g/mol. The second kappa shape index (κ2) is 9.37. The van der Waals surface area contributed by atoms with Gasteiger partial charge < -0.3 is 14.8 Å². The van der Waals surface area contributed by atoms with Crippen LogP contribution in [0.5, 0.6) is 5.75 Å². The lowest BCUT2D eigenvalue weighted by atomic mass is 9.95. The Kier molecular flexibility index (Phi) is 7.15. The second-order valence-corrected chi connectivity index (χ2v) is 7.77. The molecule has 29 heavy (non-hydrogen) atoms. The molecule has 2 aromatic rings. The lowest BCUT2D eigenvalue weighted by Crippen LogP contribution is -2.27. The Balaban J connectivity index is 1.97. The number of Topliss-reactive ketones (excluding diaryl/α,β-unsaturated/α-hetero) is 1. The second-order valence-electron chi connectivity index (χ2n) is 7.77. The van der Waals surface area contributed by atoms with Gasteiger partial charge in [0.1, 0.15) is 5.75 Å². The molecule has 1 N–H and O–H groups in total. The van der Waals surface area contributed by atoms with Gasteiger partial charge >= 0.3 is 5.97 Å². The number of anilines is 1. The van der Waals surface area contributed by atoms with E-state index in [2.05, 4.69) is 5.32 Å². The van der Waals surface area contributed by atoms with Gasteiger partial charge in [-0.2, -0.15) is 0 Å². The summed E-state index contributed by atoms with van der Waals surface area (Å²) in [4.78, 5) is 36.8. The summed E-state index contributed by atoms with van der Waals surface area (Å²) >= 11 is 0. The molecule has 0 saturated carbocycles. The number of methoxy groups -OCH3 is 1. The molecule has 2 rings (SSSR count). The predicted octanol–water partition coefficient (Wildman–Crippen LogP) is 4.04. The maximum Gasteiger partial charge on any atom is 0.311 e. The topological polar surface area (TPSA) is 81.7 Å². The van der Waals surface area contributed by atoms with E-state index in [1.54, 1.807) is 42.5 Å². The van der Waals surface area contributed by atoms with Gasteiger partial charge in [-0.3, -0.25) is 14.4 Å². The van der Waals surface area contributed by atoms with Crippen molar-refractivity contribution in [2.24, 2.45) is 5.41 Å². The number of amides is 1. The molecule has 0 aliphatic carbocycles. The van der Waals surface area contributed by atoms with Gasteiger partial charge in [0.05, 0.1) is 13.5 Å². The molecule has 1 unspecified atom stereocenters. The van der Waals surface area contributed by atoms with E-state index < -0.39 is 17.5 Å². The largest absolute Gasteiger partial charge is 0.496 e. The number of hydrogen-bond acceptors (Lipinski definition) is 5. The molecule has 0 radical (unpaired) electrons. The summed E-state index contributed by atoms with van der Waals surface area (Å²) in [5, 5.41) is 2.80. The number of carbonyl (C=O) groups excluding carboxylic acids is 3. The molecule has 1 atom stereocenters. The van der Waals surface area contributed by atoms with E-state index in [1.807, 2.05) is 26.8 Å². The lowest BCUT2D eigenvalue weighted by Gasteiger charge is -2.18. The Bertz CT molecular complexity index is 881. The van der Waals surface area contributed by atoms with Crippen LogP contribution >= 0.6 is 0 Å². The zero-order valence-corrected chi connectivity index (χ0v) is 17.4. The van der Waals surface area contributed by atoms with Crippen molar-refractivity contribution in [3.05, 3.63) is 59.7 Å². The van der Waals surface area contributed by atoms with E-state index in [4.69, 9.17) is 9.47 Å². The first kappa shape index (κ1) is 22.1. The van der Waals surface area contributed by atoms with E-state index in [0.717, 1.165) is 0 Å². The first-order valence-electron chi connectivity index (χ1n) is 9.39. The van der Waals surface area contributed by atoms with Crippen LogP contribution in [0, 0.1) is 5.41 Å². The highest BCUT2D eigenvalue weighted by molar-refractivity contribution is 6.01. The summed E-state index contributed by atoms with van der Waals surface area (Å²) in [6.45, 7) is 7.00. The van der Waals surface area contributed by atoms with Crippen molar-refractivity contribution in [1.29, 1.82) is 0 Å². The van der Waals surface area contributed by atoms with Gasteiger partial charge in [0, 0.05) is 22.2 Å². The van der Waals surface area contributed by atoms with Crippen molar-refractivity contribution in [1.82, 2.24) is 0 Å². The molecule has 0 heterocycles. The van der Waals surface area contributed by atoms with Crippen LogP contribution in [-0.4, -0.2) is 30.9 Å². The predicted molar refractivity (Wildman–Crippen MR) is 111 cm³/mol. The third-order valence-electron chi connectivity index (χ3n) is 4.31. The molecule has 0 aliphatic rings. The van der Waals surface area contributed by atoms with E-state index in [-0.39, 0.29) is 18.1 Å².